The number of nitriles is 1. The molecule has 0 fully saturated rings. The number of hydrogen-bond donors (Lipinski definition) is 1. The zero-order valence-corrected chi connectivity index (χ0v) is 12.0. The quantitative estimate of drug-likeness (QED) is 0.848. The molecule has 1 amide bonds. The van der Waals surface area contributed by atoms with Crippen LogP contribution in [0.3, 0.4) is 0 Å². The SMILES string of the molecule is Cc1cc(C(=O)N(C)CC(C)C#N)ccc1C#CCO. The highest BCUT2D eigenvalue weighted by Gasteiger charge is 2.14. The summed E-state index contributed by atoms with van der Waals surface area (Å²) in [4.78, 5) is 13.8. The van der Waals surface area contributed by atoms with Gasteiger partial charge in [-0.3, -0.25) is 4.79 Å². The first-order valence-electron chi connectivity index (χ1n) is 6.35. The van der Waals surface area contributed by atoms with Crippen molar-refractivity contribution in [1.29, 1.82) is 5.26 Å². The number of aliphatic hydroxyl groups excluding tert-OH is 1. The molecule has 4 nitrogen and oxygen atoms in total. The Morgan fingerprint density at radius 1 is 1.50 bits per heavy atom. The zero-order chi connectivity index (χ0) is 15.1. The smallest absolute Gasteiger partial charge is 0.253 e. The lowest BCUT2D eigenvalue weighted by atomic mass is 10.0. The molecule has 1 aromatic carbocycles. The van der Waals surface area contributed by atoms with E-state index in [1.807, 2.05) is 6.92 Å². The first-order chi connectivity index (χ1) is 9.49. The molecule has 0 aromatic heterocycles. The topological polar surface area (TPSA) is 64.3 Å². The van der Waals surface area contributed by atoms with Gasteiger partial charge in [0.2, 0.25) is 0 Å². The van der Waals surface area contributed by atoms with E-state index >= 15 is 0 Å². The van der Waals surface area contributed by atoms with Crippen LogP contribution in [-0.4, -0.2) is 36.1 Å². The largest absolute Gasteiger partial charge is 0.384 e. The van der Waals surface area contributed by atoms with Gasteiger partial charge < -0.3 is 10.0 Å². The van der Waals surface area contributed by atoms with E-state index in [2.05, 4.69) is 17.9 Å². The van der Waals surface area contributed by atoms with E-state index in [4.69, 9.17) is 10.4 Å². The number of rotatable bonds is 3. The highest BCUT2D eigenvalue weighted by atomic mass is 16.2. The van der Waals surface area contributed by atoms with E-state index in [1.165, 1.54) is 0 Å². The minimum Gasteiger partial charge on any atom is -0.384 e. The van der Waals surface area contributed by atoms with Gasteiger partial charge in [0.1, 0.15) is 6.61 Å². The van der Waals surface area contributed by atoms with Crippen LogP contribution in [0.1, 0.15) is 28.4 Å². The number of aryl methyl sites for hydroxylation is 1. The molecular weight excluding hydrogens is 252 g/mol. The third kappa shape index (κ3) is 4.12. The van der Waals surface area contributed by atoms with Crippen molar-refractivity contribution in [2.45, 2.75) is 13.8 Å². The number of carbonyl (C=O) groups is 1. The molecule has 0 heterocycles. The van der Waals surface area contributed by atoms with Crippen LogP contribution in [0, 0.1) is 36.0 Å². The fraction of sp³-hybridized carbons (Fsp3) is 0.375. The molecule has 1 N–H and O–H groups in total. The molecule has 0 radical (unpaired) electrons. The molecule has 0 saturated carbocycles. The molecule has 104 valence electrons. The van der Waals surface area contributed by atoms with Gasteiger partial charge in [-0.15, -0.1) is 0 Å². The van der Waals surface area contributed by atoms with Crippen molar-refractivity contribution in [2.24, 2.45) is 5.92 Å². The van der Waals surface area contributed by atoms with Crippen LogP contribution >= 0.6 is 0 Å². The fourth-order valence-electron chi connectivity index (χ4n) is 1.83. The lowest BCUT2D eigenvalue weighted by molar-refractivity contribution is 0.0785. The molecule has 0 spiro atoms. The molecule has 0 aliphatic carbocycles. The van der Waals surface area contributed by atoms with E-state index in [9.17, 15) is 4.79 Å². The van der Waals surface area contributed by atoms with Crippen LogP contribution in [0.15, 0.2) is 18.2 Å². The van der Waals surface area contributed by atoms with Gasteiger partial charge in [0.05, 0.1) is 12.0 Å². The van der Waals surface area contributed by atoms with E-state index in [0.29, 0.717) is 12.1 Å². The Balaban J connectivity index is 2.90. The number of hydrogen-bond acceptors (Lipinski definition) is 3. The summed E-state index contributed by atoms with van der Waals surface area (Å²) in [5.41, 5.74) is 2.26. The lowest BCUT2D eigenvalue weighted by Crippen LogP contribution is -2.30. The van der Waals surface area contributed by atoms with Gasteiger partial charge in [-0.2, -0.15) is 5.26 Å². The number of benzene rings is 1. The molecule has 1 aromatic rings. The molecule has 4 heteroatoms. The predicted octanol–water partition coefficient (Wildman–Crippen LogP) is 1.57. The molecular formula is C16H18N2O2. The first kappa shape index (κ1) is 15.8. The van der Waals surface area contributed by atoms with E-state index in [0.717, 1.165) is 11.1 Å². The van der Waals surface area contributed by atoms with Crippen molar-refractivity contribution in [2.75, 3.05) is 20.2 Å². The maximum atomic E-state index is 12.2. The van der Waals surface area contributed by atoms with Gasteiger partial charge in [0, 0.05) is 24.7 Å². The van der Waals surface area contributed by atoms with Crippen LogP contribution in [0.2, 0.25) is 0 Å². The summed E-state index contributed by atoms with van der Waals surface area (Å²) in [6.45, 7) is 3.87. The lowest BCUT2D eigenvalue weighted by Gasteiger charge is -2.18. The van der Waals surface area contributed by atoms with Crippen molar-refractivity contribution >= 4 is 5.91 Å². The van der Waals surface area contributed by atoms with Crippen molar-refractivity contribution in [3.8, 4) is 17.9 Å². The number of aliphatic hydroxyl groups is 1. The predicted molar refractivity (Wildman–Crippen MR) is 76.9 cm³/mol. The van der Waals surface area contributed by atoms with E-state index in [-0.39, 0.29) is 18.4 Å². The summed E-state index contributed by atoms with van der Waals surface area (Å²) in [5, 5.41) is 17.5. The Labute approximate surface area is 119 Å². The van der Waals surface area contributed by atoms with Crippen LogP contribution in [-0.2, 0) is 0 Å². The van der Waals surface area contributed by atoms with Crippen LogP contribution < -0.4 is 0 Å². The number of carbonyl (C=O) groups excluding carboxylic acids is 1. The summed E-state index contributed by atoms with van der Waals surface area (Å²) in [6, 6.07) is 7.37. The van der Waals surface area contributed by atoms with E-state index < -0.39 is 0 Å². The highest BCUT2D eigenvalue weighted by Crippen LogP contribution is 2.12. The third-order valence-electron chi connectivity index (χ3n) is 2.89. The molecule has 20 heavy (non-hydrogen) atoms. The van der Waals surface area contributed by atoms with Gasteiger partial charge >= 0.3 is 0 Å². The van der Waals surface area contributed by atoms with Crippen molar-refractivity contribution in [3.63, 3.8) is 0 Å². The zero-order valence-electron chi connectivity index (χ0n) is 12.0. The molecule has 1 rings (SSSR count). The highest BCUT2D eigenvalue weighted by molar-refractivity contribution is 5.94. The second kappa shape index (κ2) is 7.33. The molecule has 1 atom stereocenters. The first-order valence-corrected chi connectivity index (χ1v) is 6.35. The summed E-state index contributed by atoms with van der Waals surface area (Å²) >= 11 is 0. The molecule has 0 bridgehead atoms. The maximum Gasteiger partial charge on any atom is 0.253 e. The maximum absolute atomic E-state index is 12.2. The second-order valence-corrected chi connectivity index (χ2v) is 4.71. The molecule has 0 saturated heterocycles. The van der Waals surface area contributed by atoms with Crippen molar-refractivity contribution < 1.29 is 9.90 Å². The summed E-state index contributed by atoms with van der Waals surface area (Å²) < 4.78 is 0. The summed E-state index contributed by atoms with van der Waals surface area (Å²) in [5.74, 6) is 5.11. The summed E-state index contributed by atoms with van der Waals surface area (Å²) in [6.07, 6.45) is 0. The number of amides is 1. The Kier molecular flexibility index (Phi) is 5.77. The standard InChI is InChI=1S/C16H18N2O2/c1-12(10-17)11-18(3)16(20)15-7-6-14(5-4-8-19)13(2)9-15/h6-7,9,12,19H,8,11H2,1-3H3. The minimum absolute atomic E-state index is 0.114. The van der Waals surface area contributed by atoms with Gasteiger partial charge in [0.15, 0.2) is 0 Å². The number of nitrogens with zero attached hydrogens (tertiary/aromatic N) is 2. The Morgan fingerprint density at radius 3 is 2.75 bits per heavy atom. The Morgan fingerprint density at radius 2 is 2.20 bits per heavy atom. The van der Waals surface area contributed by atoms with Gasteiger partial charge in [-0.05, 0) is 37.6 Å². The Bertz CT molecular complexity index is 591. The van der Waals surface area contributed by atoms with Gasteiger partial charge in [0.25, 0.3) is 5.91 Å². The monoisotopic (exact) mass is 270 g/mol. The van der Waals surface area contributed by atoms with Crippen LogP contribution in [0.5, 0.6) is 0 Å². The van der Waals surface area contributed by atoms with Crippen molar-refractivity contribution in [1.82, 2.24) is 4.90 Å². The molecule has 0 aliphatic heterocycles. The second-order valence-electron chi connectivity index (χ2n) is 4.71. The van der Waals surface area contributed by atoms with Crippen LogP contribution in [0.25, 0.3) is 0 Å². The third-order valence-corrected chi connectivity index (χ3v) is 2.89. The van der Waals surface area contributed by atoms with E-state index in [1.54, 1.807) is 37.1 Å². The fourth-order valence-corrected chi connectivity index (χ4v) is 1.83. The molecule has 0 aliphatic rings. The Hall–Kier alpha value is -2.30. The van der Waals surface area contributed by atoms with Crippen molar-refractivity contribution in [3.05, 3.63) is 34.9 Å². The summed E-state index contributed by atoms with van der Waals surface area (Å²) in [7, 11) is 1.69. The van der Waals surface area contributed by atoms with Gasteiger partial charge in [-0.1, -0.05) is 11.8 Å². The normalized spacial score (nSPS) is 10.9. The van der Waals surface area contributed by atoms with Gasteiger partial charge in [-0.25, -0.2) is 0 Å². The average Bonchev–Trinajstić information content (AvgIpc) is 2.44. The minimum atomic E-state index is -0.195. The molecule has 1 unspecified atom stereocenters. The van der Waals surface area contributed by atoms with Crippen LogP contribution in [0.4, 0.5) is 0 Å². The average molecular weight is 270 g/mol.